The van der Waals surface area contributed by atoms with Crippen molar-refractivity contribution in [3.05, 3.63) is 0 Å². The molecule has 2 rings (SSSR count). The van der Waals surface area contributed by atoms with E-state index in [0.29, 0.717) is 5.92 Å². The monoisotopic (exact) mass is 136 g/mol. The summed E-state index contributed by atoms with van der Waals surface area (Å²) in [4.78, 5) is 2.47. The van der Waals surface area contributed by atoms with Gasteiger partial charge in [-0.05, 0) is 25.8 Å². The van der Waals surface area contributed by atoms with Crippen molar-refractivity contribution in [3.8, 4) is 6.07 Å². The van der Waals surface area contributed by atoms with Crippen molar-refractivity contribution in [2.75, 3.05) is 13.1 Å². The molecule has 0 aromatic carbocycles. The van der Waals surface area contributed by atoms with Crippen molar-refractivity contribution in [2.24, 2.45) is 5.92 Å². The topological polar surface area (TPSA) is 27.0 Å². The molecule has 10 heavy (non-hydrogen) atoms. The molecule has 1 heterocycles. The second-order valence-electron chi connectivity index (χ2n) is 3.34. The predicted molar refractivity (Wildman–Crippen MR) is 38.3 cm³/mol. The lowest BCUT2D eigenvalue weighted by molar-refractivity contribution is 0.322. The zero-order chi connectivity index (χ0) is 6.97. The minimum atomic E-state index is 0.334. The minimum Gasteiger partial charge on any atom is -0.299 e. The molecule has 54 valence electrons. The van der Waals surface area contributed by atoms with Gasteiger partial charge in [-0.1, -0.05) is 0 Å². The first-order valence-corrected chi connectivity index (χ1v) is 4.04. The van der Waals surface area contributed by atoms with Crippen LogP contribution in [-0.4, -0.2) is 24.0 Å². The van der Waals surface area contributed by atoms with Crippen LogP contribution in [0.3, 0.4) is 0 Å². The molecule has 0 amide bonds. The van der Waals surface area contributed by atoms with Gasteiger partial charge in [-0.2, -0.15) is 5.26 Å². The van der Waals surface area contributed by atoms with E-state index in [1.807, 2.05) is 0 Å². The van der Waals surface area contributed by atoms with Gasteiger partial charge in [0.15, 0.2) is 0 Å². The van der Waals surface area contributed by atoms with E-state index in [0.717, 1.165) is 19.0 Å². The van der Waals surface area contributed by atoms with Crippen LogP contribution >= 0.6 is 0 Å². The lowest BCUT2D eigenvalue weighted by Crippen LogP contribution is -2.22. The minimum absolute atomic E-state index is 0.334. The van der Waals surface area contributed by atoms with Gasteiger partial charge in [0.25, 0.3) is 0 Å². The first kappa shape index (κ1) is 6.18. The SMILES string of the molecule is N#C[C@@H]1CCN(C2CC2)C1. The molecule has 2 fully saturated rings. The third kappa shape index (κ3) is 1.02. The molecule has 0 aromatic rings. The maximum Gasteiger partial charge on any atom is 0.0669 e. The van der Waals surface area contributed by atoms with Gasteiger partial charge < -0.3 is 0 Å². The van der Waals surface area contributed by atoms with Crippen molar-refractivity contribution in [3.63, 3.8) is 0 Å². The number of likely N-dealkylation sites (tertiary alicyclic amines) is 1. The number of hydrogen-bond acceptors (Lipinski definition) is 2. The highest BCUT2D eigenvalue weighted by atomic mass is 15.2. The molecular formula is C8H12N2. The summed E-state index contributed by atoms with van der Waals surface area (Å²) < 4.78 is 0. The van der Waals surface area contributed by atoms with Gasteiger partial charge in [0.1, 0.15) is 0 Å². The second-order valence-corrected chi connectivity index (χ2v) is 3.34. The largest absolute Gasteiger partial charge is 0.299 e. The molecule has 0 radical (unpaired) electrons. The molecule has 0 bridgehead atoms. The van der Waals surface area contributed by atoms with E-state index in [2.05, 4.69) is 11.0 Å². The Labute approximate surface area is 61.4 Å². The molecular weight excluding hydrogens is 124 g/mol. The zero-order valence-electron chi connectivity index (χ0n) is 6.08. The molecule has 0 N–H and O–H groups in total. The maximum absolute atomic E-state index is 8.61. The Hall–Kier alpha value is -0.550. The van der Waals surface area contributed by atoms with Gasteiger partial charge in [0.2, 0.25) is 0 Å². The first-order chi connectivity index (χ1) is 4.90. The van der Waals surface area contributed by atoms with Crippen LogP contribution in [0.1, 0.15) is 19.3 Å². The molecule has 2 nitrogen and oxygen atoms in total. The van der Waals surface area contributed by atoms with Crippen molar-refractivity contribution in [1.82, 2.24) is 4.90 Å². The summed E-state index contributed by atoms with van der Waals surface area (Å²) in [6, 6.07) is 3.19. The Bertz CT molecular complexity index is 167. The lowest BCUT2D eigenvalue weighted by atomic mass is 10.1. The van der Waals surface area contributed by atoms with Crippen LogP contribution in [0.25, 0.3) is 0 Å². The molecule has 0 unspecified atom stereocenters. The van der Waals surface area contributed by atoms with E-state index in [-0.39, 0.29) is 0 Å². The van der Waals surface area contributed by atoms with Crippen molar-refractivity contribution in [2.45, 2.75) is 25.3 Å². The fraction of sp³-hybridized carbons (Fsp3) is 0.875. The molecule has 1 aliphatic heterocycles. The number of rotatable bonds is 1. The van der Waals surface area contributed by atoms with E-state index < -0.39 is 0 Å². The molecule has 2 heteroatoms. The summed E-state index contributed by atoms with van der Waals surface area (Å²) in [5.74, 6) is 0.334. The van der Waals surface area contributed by atoms with Gasteiger partial charge in [-0.3, -0.25) is 4.90 Å². The van der Waals surface area contributed by atoms with E-state index >= 15 is 0 Å². The van der Waals surface area contributed by atoms with Crippen LogP contribution in [0.5, 0.6) is 0 Å². The van der Waals surface area contributed by atoms with Crippen molar-refractivity contribution in [1.29, 1.82) is 5.26 Å². The van der Waals surface area contributed by atoms with Crippen LogP contribution < -0.4 is 0 Å². The average Bonchev–Trinajstić information content (AvgIpc) is 2.70. The Morgan fingerprint density at radius 1 is 1.30 bits per heavy atom. The van der Waals surface area contributed by atoms with Crippen LogP contribution in [0, 0.1) is 17.2 Å². The molecule has 1 aliphatic carbocycles. The zero-order valence-corrected chi connectivity index (χ0v) is 6.08. The van der Waals surface area contributed by atoms with Crippen LogP contribution in [-0.2, 0) is 0 Å². The van der Waals surface area contributed by atoms with Crippen molar-refractivity contribution >= 4 is 0 Å². The Morgan fingerprint density at radius 3 is 2.60 bits per heavy atom. The molecule has 0 aromatic heterocycles. The Kier molecular flexibility index (Phi) is 1.39. The van der Waals surface area contributed by atoms with E-state index in [9.17, 15) is 0 Å². The van der Waals surface area contributed by atoms with Gasteiger partial charge >= 0.3 is 0 Å². The number of nitrogens with zero attached hydrogens (tertiary/aromatic N) is 2. The van der Waals surface area contributed by atoms with Crippen LogP contribution in [0.2, 0.25) is 0 Å². The number of nitriles is 1. The molecule has 1 saturated heterocycles. The molecule has 2 aliphatic rings. The van der Waals surface area contributed by atoms with Gasteiger partial charge in [0.05, 0.1) is 12.0 Å². The third-order valence-electron chi connectivity index (χ3n) is 2.47. The lowest BCUT2D eigenvalue weighted by Gasteiger charge is -2.11. The fourth-order valence-corrected chi connectivity index (χ4v) is 1.66. The second kappa shape index (κ2) is 2.25. The van der Waals surface area contributed by atoms with Gasteiger partial charge in [-0.15, -0.1) is 0 Å². The summed E-state index contributed by atoms with van der Waals surface area (Å²) in [6.07, 6.45) is 3.85. The summed E-state index contributed by atoms with van der Waals surface area (Å²) in [7, 11) is 0. The maximum atomic E-state index is 8.61. The van der Waals surface area contributed by atoms with E-state index in [4.69, 9.17) is 5.26 Å². The highest BCUT2D eigenvalue weighted by Crippen LogP contribution is 2.31. The quantitative estimate of drug-likeness (QED) is 0.537. The van der Waals surface area contributed by atoms with Gasteiger partial charge in [0, 0.05) is 12.6 Å². The summed E-state index contributed by atoms with van der Waals surface area (Å²) in [6.45, 7) is 2.21. The Morgan fingerprint density at radius 2 is 2.10 bits per heavy atom. The molecule has 0 spiro atoms. The molecule has 1 atom stereocenters. The average molecular weight is 136 g/mol. The first-order valence-electron chi connectivity index (χ1n) is 4.04. The highest BCUT2D eigenvalue weighted by molar-refractivity contribution is 4.96. The Balaban J connectivity index is 1.87. The summed E-state index contributed by atoms with van der Waals surface area (Å²) >= 11 is 0. The summed E-state index contributed by atoms with van der Waals surface area (Å²) in [5.41, 5.74) is 0. The van der Waals surface area contributed by atoms with E-state index in [1.165, 1.54) is 19.4 Å². The smallest absolute Gasteiger partial charge is 0.0669 e. The predicted octanol–water partition coefficient (Wildman–Crippen LogP) is 0.994. The normalized spacial score (nSPS) is 34.1. The molecule has 1 saturated carbocycles. The van der Waals surface area contributed by atoms with Crippen molar-refractivity contribution < 1.29 is 0 Å². The summed E-state index contributed by atoms with van der Waals surface area (Å²) in [5, 5.41) is 8.61. The fourth-order valence-electron chi connectivity index (χ4n) is 1.66. The van der Waals surface area contributed by atoms with Crippen LogP contribution in [0.15, 0.2) is 0 Å². The standard InChI is InChI=1S/C8H12N2/c9-5-7-3-4-10(6-7)8-1-2-8/h7-8H,1-4,6H2/t7-/m0/s1. The van der Waals surface area contributed by atoms with E-state index in [1.54, 1.807) is 0 Å². The van der Waals surface area contributed by atoms with Crippen LogP contribution in [0.4, 0.5) is 0 Å². The highest BCUT2D eigenvalue weighted by Gasteiger charge is 2.34. The number of hydrogen-bond donors (Lipinski definition) is 0. The third-order valence-corrected chi connectivity index (χ3v) is 2.47. The van der Waals surface area contributed by atoms with Gasteiger partial charge in [-0.25, -0.2) is 0 Å².